The van der Waals surface area contributed by atoms with Crippen LogP contribution in [0.3, 0.4) is 0 Å². The monoisotopic (exact) mass is 249 g/mol. The van der Waals surface area contributed by atoms with Crippen molar-refractivity contribution in [2.75, 3.05) is 19.7 Å². The average molecular weight is 249 g/mol. The van der Waals surface area contributed by atoms with Gasteiger partial charge in [-0.2, -0.15) is 0 Å². The Morgan fingerprint density at radius 2 is 2.17 bits per heavy atom. The smallest absolute Gasteiger partial charge is 0.222 e. The lowest BCUT2D eigenvalue weighted by Crippen LogP contribution is -2.29. The number of β-amino-alcohol motifs (C(OH)–C–C–N with tert-alkyl or cyclic N) is 1. The second kappa shape index (κ2) is 6.40. The maximum Gasteiger partial charge on any atom is 0.222 e. The molecule has 1 aromatic rings. The minimum Gasteiger partial charge on any atom is -0.494 e. The highest BCUT2D eigenvalue weighted by Crippen LogP contribution is 2.12. The van der Waals surface area contributed by atoms with Crippen LogP contribution in [0.1, 0.15) is 19.3 Å². The number of rotatable bonds is 5. The van der Waals surface area contributed by atoms with Crippen LogP contribution >= 0.6 is 0 Å². The first kappa shape index (κ1) is 12.9. The van der Waals surface area contributed by atoms with Crippen molar-refractivity contribution in [1.82, 2.24) is 4.90 Å². The van der Waals surface area contributed by atoms with Gasteiger partial charge < -0.3 is 14.7 Å². The molecule has 2 rings (SSSR count). The minimum atomic E-state index is -0.338. The van der Waals surface area contributed by atoms with Gasteiger partial charge in [-0.15, -0.1) is 0 Å². The Bertz CT molecular complexity index is 380. The summed E-state index contributed by atoms with van der Waals surface area (Å²) in [7, 11) is 0. The van der Waals surface area contributed by atoms with Crippen molar-refractivity contribution in [1.29, 1.82) is 0 Å². The van der Waals surface area contributed by atoms with Crippen LogP contribution < -0.4 is 4.74 Å². The van der Waals surface area contributed by atoms with Gasteiger partial charge in [-0.25, -0.2) is 0 Å². The fourth-order valence-corrected chi connectivity index (χ4v) is 2.06. The Hall–Kier alpha value is -1.55. The molecule has 1 saturated heterocycles. The molecule has 1 amide bonds. The second-order valence-corrected chi connectivity index (χ2v) is 4.55. The van der Waals surface area contributed by atoms with Crippen molar-refractivity contribution in [3.63, 3.8) is 0 Å². The third-order valence-corrected chi connectivity index (χ3v) is 3.06. The average Bonchev–Trinajstić information content (AvgIpc) is 2.82. The zero-order valence-corrected chi connectivity index (χ0v) is 10.4. The molecule has 4 nitrogen and oxygen atoms in total. The van der Waals surface area contributed by atoms with Gasteiger partial charge in [0.05, 0.1) is 12.7 Å². The summed E-state index contributed by atoms with van der Waals surface area (Å²) in [5.74, 6) is 0.949. The van der Waals surface area contributed by atoms with E-state index in [9.17, 15) is 9.90 Å². The van der Waals surface area contributed by atoms with E-state index in [0.717, 1.165) is 5.75 Å². The second-order valence-electron chi connectivity index (χ2n) is 4.55. The largest absolute Gasteiger partial charge is 0.494 e. The molecular weight excluding hydrogens is 230 g/mol. The van der Waals surface area contributed by atoms with Crippen molar-refractivity contribution in [3.05, 3.63) is 30.3 Å². The molecule has 98 valence electrons. The summed E-state index contributed by atoms with van der Waals surface area (Å²) in [4.78, 5) is 13.5. The lowest BCUT2D eigenvalue weighted by Gasteiger charge is -2.15. The maximum atomic E-state index is 11.8. The number of likely N-dealkylation sites (tertiary alicyclic amines) is 1. The van der Waals surface area contributed by atoms with Crippen LogP contribution in [0, 0.1) is 0 Å². The number of carbonyl (C=O) groups is 1. The van der Waals surface area contributed by atoms with Gasteiger partial charge in [0.25, 0.3) is 0 Å². The number of benzene rings is 1. The highest BCUT2D eigenvalue weighted by Gasteiger charge is 2.23. The van der Waals surface area contributed by atoms with Crippen molar-refractivity contribution in [2.45, 2.75) is 25.4 Å². The third-order valence-electron chi connectivity index (χ3n) is 3.06. The van der Waals surface area contributed by atoms with Crippen molar-refractivity contribution >= 4 is 5.91 Å². The van der Waals surface area contributed by atoms with Crippen LogP contribution in [-0.2, 0) is 4.79 Å². The number of para-hydroxylation sites is 1. The van der Waals surface area contributed by atoms with E-state index in [-0.39, 0.29) is 12.0 Å². The molecule has 0 aromatic heterocycles. The third kappa shape index (κ3) is 3.74. The molecule has 1 aliphatic heterocycles. The van der Waals surface area contributed by atoms with Gasteiger partial charge in [-0.3, -0.25) is 4.79 Å². The van der Waals surface area contributed by atoms with Gasteiger partial charge in [0.1, 0.15) is 5.75 Å². The zero-order valence-electron chi connectivity index (χ0n) is 10.4. The van der Waals surface area contributed by atoms with Gasteiger partial charge in [-0.05, 0) is 25.0 Å². The summed E-state index contributed by atoms with van der Waals surface area (Å²) in [5.41, 5.74) is 0. The number of hydrogen-bond donors (Lipinski definition) is 1. The molecule has 1 atom stereocenters. The van der Waals surface area contributed by atoms with Crippen LogP contribution in [0.2, 0.25) is 0 Å². The Kier molecular flexibility index (Phi) is 4.59. The lowest BCUT2D eigenvalue weighted by atomic mass is 10.3. The predicted molar refractivity (Wildman–Crippen MR) is 68.4 cm³/mol. The number of nitrogens with zero attached hydrogens (tertiary/aromatic N) is 1. The van der Waals surface area contributed by atoms with Gasteiger partial charge in [-0.1, -0.05) is 18.2 Å². The molecule has 0 radical (unpaired) electrons. The van der Waals surface area contributed by atoms with E-state index in [2.05, 4.69) is 0 Å². The first-order valence-corrected chi connectivity index (χ1v) is 6.39. The number of ether oxygens (including phenoxy) is 1. The quantitative estimate of drug-likeness (QED) is 0.803. The van der Waals surface area contributed by atoms with Crippen molar-refractivity contribution < 1.29 is 14.6 Å². The fourth-order valence-electron chi connectivity index (χ4n) is 2.06. The molecule has 0 aliphatic carbocycles. The molecule has 4 heteroatoms. The molecule has 1 aliphatic rings. The van der Waals surface area contributed by atoms with Crippen LogP contribution in [0.4, 0.5) is 0 Å². The zero-order chi connectivity index (χ0) is 12.8. The predicted octanol–water partition coefficient (Wildman–Crippen LogP) is 1.44. The molecule has 18 heavy (non-hydrogen) atoms. The molecule has 0 spiro atoms. The Morgan fingerprint density at radius 3 is 2.83 bits per heavy atom. The number of aliphatic hydroxyl groups excluding tert-OH is 1. The van der Waals surface area contributed by atoms with E-state index in [1.165, 1.54) is 0 Å². The normalized spacial score (nSPS) is 18.9. The van der Waals surface area contributed by atoms with Gasteiger partial charge >= 0.3 is 0 Å². The van der Waals surface area contributed by atoms with Crippen LogP contribution in [0.25, 0.3) is 0 Å². The van der Waals surface area contributed by atoms with E-state index in [0.29, 0.717) is 39.0 Å². The number of hydrogen-bond acceptors (Lipinski definition) is 3. The van der Waals surface area contributed by atoms with Crippen molar-refractivity contribution in [3.8, 4) is 5.75 Å². The topological polar surface area (TPSA) is 49.8 Å². The molecule has 0 saturated carbocycles. The first-order valence-electron chi connectivity index (χ1n) is 6.39. The Balaban J connectivity index is 1.62. The summed E-state index contributed by atoms with van der Waals surface area (Å²) in [6, 6.07) is 9.59. The van der Waals surface area contributed by atoms with E-state index in [4.69, 9.17) is 4.74 Å². The summed E-state index contributed by atoms with van der Waals surface area (Å²) in [6.45, 7) is 1.71. The molecule has 1 aromatic carbocycles. The van der Waals surface area contributed by atoms with Crippen LogP contribution in [-0.4, -0.2) is 41.7 Å². The molecule has 1 heterocycles. The van der Waals surface area contributed by atoms with Crippen molar-refractivity contribution in [2.24, 2.45) is 0 Å². The van der Waals surface area contributed by atoms with Crippen LogP contribution in [0.15, 0.2) is 30.3 Å². The highest BCUT2D eigenvalue weighted by atomic mass is 16.5. The fraction of sp³-hybridized carbons (Fsp3) is 0.500. The van der Waals surface area contributed by atoms with Crippen LogP contribution in [0.5, 0.6) is 5.75 Å². The Labute approximate surface area is 107 Å². The molecular formula is C14H19NO3. The highest BCUT2D eigenvalue weighted by molar-refractivity contribution is 5.76. The summed E-state index contributed by atoms with van der Waals surface area (Å²) in [5, 5.41) is 9.35. The summed E-state index contributed by atoms with van der Waals surface area (Å²) in [6.07, 6.45) is 1.56. The number of aliphatic hydroxyl groups is 1. The lowest BCUT2D eigenvalue weighted by molar-refractivity contribution is -0.130. The molecule has 1 fully saturated rings. The SMILES string of the molecule is O=C(CCCOc1ccccc1)N1CCC(O)C1. The number of carbonyl (C=O) groups excluding carboxylic acids is 1. The van der Waals surface area contributed by atoms with E-state index >= 15 is 0 Å². The summed E-state index contributed by atoms with van der Waals surface area (Å²) >= 11 is 0. The Morgan fingerprint density at radius 1 is 1.39 bits per heavy atom. The summed E-state index contributed by atoms with van der Waals surface area (Å²) < 4.78 is 5.52. The van der Waals surface area contributed by atoms with E-state index < -0.39 is 0 Å². The minimum absolute atomic E-state index is 0.114. The first-order chi connectivity index (χ1) is 8.75. The number of amides is 1. The molecule has 1 unspecified atom stereocenters. The molecule has 0 bridgehead atoms. The standard InChI is InChI=1S/C14H19NO3/c16-12-8-9-15(11-12)14(17)7-4-10-18-13-5-2-1-3-6-13/h1-3,5-6,12,16H,4,7-11H2. The van der Waals surface area contributed by atoms with E-state index in [1.807, 2.05) is 30.3 Å². The van der Waals surface area contributed by atoms with Gasteiger partial charge in [0, 0.05) is 19.5 Å². The van der Waals surface area contributed by atoms with Gasteiger partial charge in [0.2, 0.25) is 5.91 Å². The maximum absolute atomic E-state index is 11.8. The van der Waals surface area contributed by atoms with Gasteiger partial charge in [0.15, 0.2) is 0 Å². The molecule has 1 N–H and O–H groups in total. The van der Waals surface area contributed by atoms with E-state index in [1.54, 1.807) is 4.90 Å².